The highest BCUT2D eigenvalue weighted by molar-refractivity contribution is 7.91. The molecule has 1 atom stereocenters. The van der Waals surface area contributed by atoms with E-state index in [4.69, 9.17) is 4.74 Å². The number of ether oxygens (including phenoxy) is 1. The van der Waals surface area contributed by atoms with Gasteiger partial charge >= 0.3 is 0 Å². The van der Waals surface area contributed by atoms with Crippen LogP contribution in [-0.2, 0) is 14.6 Å². The number of rotatable bonds is 6. The van der Waals surface area contributed by atoms with E-state index in [9.17, 15) is 13.5 Å². The summed E-state index contributed by atoms with van der Waals surface area (Å²) in [6, 6.07) is 0. The van der Waals surface area contributed by atoms with Crippen molar-refractivity contribution in [2.45, 2.75) is 32.6 Å². The van der Waals surface area contributed by atoms with E-state index in [1.54, 1.807) is 6.92 Å². The zero-order valence-corrected chi connectivity index (χ0v) is 10.8. The molecule has 1 heterocycles. The molecule has 0 saturated carbocycles. The molecule has 1 unspecified atom stereocenters. The summed E-state index contributed by atoms with van der Waals surface area (Å²) in [5.41, 5.74) is -0.193. The number of sulfone groups is 1. The molecule has 0 aromatic heterocycles. The van der Waals surface area contributed by atoms with Crippen molar-refractivity contribution < 1.29 is 18.3 Å². The minimum Gasteiger partial charge on any atom is -0.396 e. The summed E-state index contributed by atoms with van der Waals surface area (Å²) < 4.78 is 28.1. The SMILES string of the molecule is CCS(=O)(=O)CCCC1(CO)CCCOC1. The molecule has 1 fully saturated rings. The third-order valence-electron chi connectivity index (χ3n) is 3.34. The third-order valence-corrected chi connectivity index (χ3v) is 5.13. The molecule has 0 radical (unpaired) electrons. The van der Waals surface area contributed by atoms with Crippen molar-refractivity contribution in [3.63, 3.8) is 0 Å². The molecular weight excluding hydrogens is 228 g/mol. The maximum atomic E-state index is 11.3. The Balaban J connectivity index is 2.39. The molecule has 1 saturated heterocycles. The van der Waals surface area contributed by atoms with Gasteiger partial charge in [0, 0.05) is 17.8 Å². The summed E-state index contributed by atoms with van der Waals surface area (Å²) in [6.45, 7) is 3.09. The van der Waals surface area contributed by atoms with Crippen molar-refractivity contribution in [2.24, 2.45) is 5.41 Å². The van der Waals surface area contributed by atoms with E-state index in [0.717, 1.165) is 25.9 Å². The van der Waals surface area contributed by atoms with Gasteiger partial charge in [-0.15, -0.1) is 0 Å². The standard InChI is InChI=1S/C11H22O4S/c1-2-16(13,14)8-4-6-11(9-12)5-3-7-15-10-11/h12H,2-10H2,1H3. The van der Waals surface area contributed by atoms with Gasteiger partial charge in [0.15, 0.2) is 0 Å². The van der Waals surface area contributed by atoms with Crippen LogP contribution >= 0.6 is 0 Å². The van der Waals surface area contributed by atoms with Gasteiger partial charge in [-0.2, -0.15) is 0 Å². The fourth-order valence-corrected chi connectivity index (χ4v) is 3.00. The van der Waals surface area contributed by atoms with Gasteiger partial charge < -0.3 is 9.84 Å². The summed E-state index contributed by atoms with van der Waals surface area (Å²) in [5.74, 6) is 0.431. The fourth-order valence-electron chi connectivity index (χ4n) is 2.12. The Hall–Kier alpha value is -0.130. The fraction of sp³-hybridized carbons (Fsp3) is 1.00. The zero-order chi connectivity index (χ0) is 12.1. The van der Waals surface area contributed by atoms with E-state index in [-0.39, 0.29) is 23.5 Å². The van der Waals surface area contributed by atoms with E-state index in [2.05, 4.69) is 0 Å². The van der Waals surface area contributed by atoms with Crippen LogP contribution in [0.25, 0.3) is 0 Å². The van der Waals surface area contributed by atoms with Crippen LogP contribution in [-0.4, -0.2) is 44.9 Å². The molecule has 0 aromatic carbocycles. The second-order valence-corrected chi connectivity index (χ2v) is 7.13. The largest absolute Gasteiger partial charge is 0.396 e. The average Bonchev–Trinajstić information content (AvgIpc) is 2.30. The van der Waals surface area contributed by atoms with Gasteiger partial charge in [0.2, 0.25) is 0 Å². The van der Waals surface area contributed by atoms with Crippen molar-refractivity contribution in [3.8, 4) is 0 Å². The summed E-state index contributed by atoms with van der Waals surface area (Å²) in [6.07, 6.45) is 3.26. The third kappa shape index (κ3) is 4.03. The monoisotopic (exact) mass is 250 g/mol. The van der Waals surface area contributed by atoms with E-state index in [0.29, 0.717) is 13.0 Å². The van der Waals surface area contributed by atoms with Crippen molar-refractivity contribution in [1.29, 1.82) is 0 Å². The predicted octanol–water partition coefficient (Wildman–Crippen LogP) is 0.990. The van der Waals surface area contributed by atoms with Gasteiger partial charge in [0.05, 0.1) is 19.0 Å². The molecule has 1 aliphatic rings. The lowest BCUT2D eigenvalue weighted by Crippen LogP contribution is -2.35. The Morgan fingerprint density at radius 1 is 1.44 bits per heavy atom. The normalized spacial score (nSPS) is 26.9. The lowest BCUT2D eigenvalue weighted by molar-refractivity contribution is -0.0430. The van der Waals surface area contributed by atoms with Gasteiger partial charge in [-0.1, -0.05) is 6.92 Å². The lowest BCUT2D eigenvalue weighted by Gasteiger charge is -2.35. The average molecular weight is 250 g/mol. The molecule has 16 heavy (non-hydrogen) atoms. The second kappa shape index (κ2) is 5.98. The van der Waals surface area contributed by atoms with Gasteiger partial charge in [0.1, 0.15) is 9.84 Å². The first-order valence-electron chi connectivity index (χ1n) is 5.93. The summed E-state index contributed by atoms with van der Waals surface area (Å²) in [5, 5.41) is 9.40. The maximum absolute atomic E-state index is 11.3. The number of hydrogen-bond donors (Lipinski definition) is 1. The van der Waals surface area contributed by atoms with Gasteiger partial charge in [0.25, 0.3) is 0 Å². The smallest absolute Gasteiger partial charge is 0.150 e. The number of hydrogen-bond acceptors (Lipinski definition) is 4. The molecule has 1 aliphatic heterocycles. The predicted molar refractivity (Wildman–Crippen MR) is 63.1 cm³/mol. The Labute approximate surface area is 97.9 Å². The number of aliphatic hydroxyl groups excluding tert-OH is 1. The summed E-state index contributed by atoms with van der Waals surface area (Å²) >= 11 is 0. The van der Waals surface area contributed by atoms with Crippen molar-refractivity contribution >= 4 is 9.84 Å². The van der Waals surface area contributed by atoms with Crippen LogP contribution in [0.15, 0.2) is 0 Å². The molecular formula is C11H22O4S. The van der Waals surface area contributed by atoms with Crippen LogP contribution in [0.3, 0.4) is 0 Å². The topological polar surface area (TPSA) is 63.6 Å². The molecule has 0 bridgehead atoms. The van der Waals surface area contributed by atoms with Crippen molar-refractivity contribution in [2.75, 3.05) is 31.3 Å². The maximum Gasteiger partial charge on any atom is 0.150 e. The highest BCUT2D eigenvalue weighted by atomic mass is 32.2. The van der Waals surface area contributed by atoms with Gasteiger partial charge in [-0.05, 0) is 25.7 Å². The molecule has 1 rings (SSSR count). The summed E-state index contributed by atoms with van der Waals surface area (Å²) in [7, 11) is -2.88. The Bertz CT molecular complexity index is 291. The Kier molecular flexibility index (Phi) is 5.21. The van der Waals surface area contributed by atoms with E-state index in [1.165, 1.54) is 0 Å². The molecule has 5 heteroatoms. The molecule has 0 aliphatic carbocycles. The van der Waals surface area contributed by atoms with Gasteiger partial charge in [-0.3, -0.25) is 0 Å². The van der Waals surface area contributed by atoms with Crippen LogP contribution in [0.4, 0.5) is 0 Å². The first-order chi connectivity index (χ1) is 7.54. The lowest BCUT2D eigenvalue weighted by atomic mass is 9.79. The van der Waals surface area contributed by atoms with E-state index < -0.39 is 9.84 Å². The molecule has 0 amide bonds. The molecule has 1 N–H and O–H groups in total. The molecule has 4 nitrogen and oxygen atoms in total. The molecule has 0 spiro atoms. The van der Waals surface area contributed by atoms with Crippen molar-refractivity contribution in [1.82, 2.24) is 0 Å². The minimum absolute atomic E-state index is 0.0964. The van der Waals surface area contributed by atoms with Crippen molar-refractivity contribution in [3.05, 3.63) is 0 Å². The first kappa shape index (κ1) is 13.9. The molecule has 96 valence electrons. The second-order valence-electron chi connectivity index (χ2n) is 4.65. The highest BCUT2D eigenvalue weighted by Crippen LogP contribution is 2.33. The minimum atomic E-state index is -2.88. The highest BCUT2D eigenvalue weighted by Gasteiger charge is 2.32. The first-order valence-corrected chi connectivity index (χ1v) is 7.75. The van der Waals surface area contributed by atoms with Crippen LogP contribution in [0.5, 0.6) is 0 Å². The zero-order valence-electron chi connectivity index (χ0n) is 9.94. The van der Waals surface area contributed by atoms with Gasteiger partial charge in [-0.25, -0.2) is 8.42 Å². The van der Waals surface area contributed by atoms with E-state index >= 15 is 0 Å². The number of aliphatic hydroxyl groups is 1. The van der Waals surface area contributed by atoms with Crippen LogP contribution in [0.1, 0.15) is 32.6 Å². The quantitative estimate of drug-likeness (QED) is 0.763. The van der Waals surface area contributed by atoms with Crippen LogP contribution in [0.2, 0.25) is 0 Å². The Morgan fingerprint density at radius 3 is 2.69 bits per heavy atom. The molecule has 0 aromatic rings. The van der Waals surface area contributed by atoms with Crippen LogP contribution in [0, 0.1) is 5.41 Å². The Morgan fingerprint density at radius 2 is 2.19 bits per heavy atom. The van der Waals surface area contributed by atoms with Crippen LogP contribution < -0.4 is 0 Å². The summed E-state index contributed by atoms with van der Waals surface area (Å²) in [4.78, 5) is 0. The van der Waals surface area contributed by atoms with E-state index in [1.807, 2.05) is 0 Å².